The Hall–Kier alpha value is -2.24. The third-order valence-corrected chi connectivity index (χ3v) is 5.64. The Labute approximate surface area is 180 Å². The first-order valence-corrected chi connectivity index (χ1v) is 10.2. The van der Waals surface area contributed by atoms with E-state index >= 15 is 0 Å². The Bertz CT molecular complexity index is 993. The number of halogens is 2. The monoisotopic (exact) mass is 428 g/mol. The fourth-order valence-corrected chi connectivity index (χ4v) is 3.72. The molecular weight excluding hydrogens is 407 g/mol. The first-order valence-electron chi connectivity index (χ1n) is 9.43. The van der Waals surface area contributed by atoms with Crippen molar-refractivity contribution in [2.45, 2.75) is 26.2 Å². The average Bonchev–Trinajstić information content (AvgIpc) is 3.19. The maximum Gasteiger partial charge on any atom is 0.231 e. The molecule has 4 rings (SSSR count). The van der Waals surface area contributed by atoms with Gasteiger partial charge in [0.25, 0.3) is 0 Å². The van der Waals surface area contributed by atoms with Crippen molar-refractivity contribution in [3.05, 3.63) is 93.0 Å². The first-order chi connectivity index (χ1) is 14.1. The van der Waals surface area contributed by atoms with Gasteiger partial charge in [-0.2, -0.15) is 0 Å². The summed E-state index contributed by atoms with van der Waals surface area (Å²) in [5, 5.41) is 1.13. The van der Waals surface area contributed by atoms with Crippen molar-refractivity contribution in [1.82, 2.24) is 4.90 Å². The van der Waals surface area contributed by atoms with Crippen LogP contribution in [0.4, 0.5) is 0 Å². The molecule has 1 heterocycles. The second-order valence-electron chi connectivity index (χ2n) is 7.10. The molecule has 0 bridgehead atoms. The Morgan fingerprint density at radius 3 is 2.00 bits per heavy atom. The maximum atomic E-state index is 6.22. The molecule has 0 atom stereocenters. The summed E-state index contributed by atoms with van der Waals surface area (Å²) >= 11 is 12.3. The summed E-state index contributed by atoms with van der Waals surface area (Å²) in [5.41, 5.74) is 10.3. The van der Waals surface area contributed by atoms with Gasteiger partial charge in [0.1, 0.15) is 0 Å². The Balaban J connectivity index is 1.55. The SMILES string of the molecule is NCc1ccc(CN(Cc2ccc(Cl)c(Cl)c2)Cc2ccc3c(c2)OCO3)cc1. The Kier molecular flexibility index (Phi) is 6.26. The van der Waals surface area contributed by atoms with Crippen LogP contribution in [-0.4, -0.2) is 11.7 Å². The zero-order valence-corrected chi connectivity index (χ0v) is 17.4. The molecule has 0 fully saturated rings. The molecule has 0 amide bonds. The molecule has 0 aromatic heterocycles. The largest absolute Gasteiger partial charge is 0.454 e. The zero-order valence-electron chi connectivity index (χ0n) is 15.9. The Morgan fingerprint density at radius 1 is 0.690 bits per heavy atom. The number of benzene rings is 3. The van der Waals surface area contributed by atoms with Gasteiger partial charge in [-0.3, -0.25) is 4.90 Å². The smallest absolute Gasteiger partial charge is 0.231 e. The van der Waals surface area contributed by atoms with E-state index in [0.29, 0.717) is 16.6 Å². The van der Waals surface area contributed by atoms with Crippen LogP contribution in [0.5, 0.6) is 11.5 Å². The van der Waals surface area contributed by atoms with E-state index in [0.717, 1.165) is 47.8 Å². The van der Waals surface area contributed by atoms with Crippen LogP contribution in [0.25, 0.3) is 0 Å². The summed E-state index contributed by atoms with van der Waals surface area (Å²) in [5.74, 6) is 1.59. The summed E-state index contributed by atoms with van der Waals surface area (Å²) in [6.07, 6.45) is 0. The molecule has 0 saturated carbocycles. The third-order valence-electron chi connectivity index (χ3n) is 4.90. The van der Waals surface area contributed by atoms with E-state index in [4.69, 9.17) is 38.4 Å². The molecule has 29 heavy (non-hydrogen) atoms. The van der Waals surface area contributed by atoms with Crippen LogP contribution in [0.2, 0.25) is 10.0 Å². The molecule has 2 N–H and O–H groups in total. The Morgan fingerprint density at radius 2 is 1.28 bits per heavy atom. The predicted octanol–water partition coefficient (Wildman–Crippen LogP) is 5.38. The van der Waals surface area contributed by atoms with E-state index in [2.05, 4.69) is 35.2 Å². The molecule has 150 valence electrons. The van der Waals surface area contributed by atoms with E-state index in [9.17, 15) is 0 Å². The number of ether oxygens (including phenoxy) is 2. The quantitative estimate of drug-likeness (QED) is 0.548. The fraction of sp³-hybridized carbons (Fsp3) is 0.217. The molecule has 6 heteroatoms. The molecule has 0 radical (unpaired) electrons. The van der Waals surface area contributed by atoms with Gasteiger partial charge in [0.15, 0.2) is 11.5 Å². The molecule has 0 aliphatic carbocycles. The molecule has 1 aliphatic heterocycles. The highest BCUT2D eigenvalue weighted by atomic mass is 35.5. The third kappa shape index (κ3) is 5.03. The summed E-state index contributed by atoms with van der Waals surface area (Å²) in [6, 6.07) is 20.3. The highest BCUT2D eigenvalue weighted by molar-refractivity contribution is 6.42. The number of nitrogens with zero attached hydrogens (tertiary/aromatic N) is 1. The summed E-state index contributed by atoms with van der Waals surface area (Å²) in [4.78, 5) is 2.36. The van der Waals surface area contributed by atoms with E-state index in [-0.39, 0.29) is 6.79 Å². The van der Waals surface area contributed by atoms with Crippen molar-refractivity contribution in [2.24, 2.45) is 5.73 Å². The topological polar surface area (TPSA) is 47.7 Å². The summed E-state index contributed by atoms with van der Waals surface area (Å²) in [7, 11) is 0. The number of rotatable bonds is 7. The molecule has 0 spiro atoms. The highest BCUT2D eigenvalue weighted by Crippen LogP contribution is 2.33. The normalized spacial score (nSPS) is 12.6. The van der Waals surface area contributed by atoms with Gasteiger partial charge in [0.05, 0.1) is 10.0 Å². The second kappa shape index (κ2) is 9.06. The van der Waals surface area contributed by atoms with Crippen molar-refractivity contribution in [1.29, 1.82) is 0 Å². The van der Waals surface area contributed by atoms with Gasteiger partial charge in [-0.25, -0.2) is 0 Å². The first kappa shape index (κ1) is 20.0. The van der Waals surface area contributed by atoms with Crippen molar-refractivity contribution in [3.8, 4) is 11.5 Å². The molecule has 0 unspecified atom stereocenters. The number of hydrogen-bond acceptors (Lipinski definition) is 4. The number of fused-ring (bicyclic) bond motifs is 1. The van der Waals surface area contributed by atoms with Gasteiger partial charge in [0.2, 0.25) is 6.79 Å². The van der Waals surface area contributed by atoms with Crippen LogP contribution < -0.4 is 15.2 Å². The van der Waals surface area contributed by atoms with Gasteiger partial charge >= 0.3 is 0 Å². The minimum absolute atomic E-state index is 0.277. The molecular formula is C23H22Cl2N2O2. The fourth-order valence-electron chi connectivity index (χ4n) is 3.40. The standard InChI is InChI=1S/C23H22Cl2N2O2/c24-20-7-5-18(9-21(20)25)13-27(12-17-3-1-16(11-26)2-4-17)14-19-6-8-22-23(10-19)29-15-28-22/h1-10H,11-15,26H2. The van der Waals surface area contributed by atoms with Gasteiger partial charge in [0, 0.05) is 26.2 Å². The lowest BCUT2D eigenvalue weighted by molar-refractivity contribution is 0.174. The van der Waals surface area contributed by atoms with Crippen LogP contribution in [-0.2, 0) is 26.2 Å². The van der Waals surface area contributed by atoms with Gasteiger partial charge in [-0.1, -0.05) is 59.6 Å². The van der Waals surface area contributed by atoms with Crippen molar-refractivity contribution in [2.75, 3.05) is 6.79 Å². The van der Waals surface area contributed by atoms with Crippen LogP contribution >= 0.6 is 23.2 Å². The average molecular weight is 429 g/mol. The van der Waals surface area contributed by atoms with Crippen molar-refractivity contribution in [3.63, 3.8) is 0 Å². The van der Waals surface area contributed by atoms with E-state index in [1.165, 1.54) is 5.56 Å². The molecule has 0 saturated heterocycles. The zero-order chi connectivity index (χ0) is 20.2. The number of nitrogens with two attached hydrogens (primary N) is 1. The van der Waals surface area contributed by atoms with E-state index in [1.807, 2.05) is 30.3 Å². The van der Waals surface area contributed by atoms with Crippen LogP contribution in [0, 0.1) is 0 Å². The van der Waals surface area contributed by atoms with E-state index in [1.54, 1.807) is 0 Å². The summed E-state index contributed by atoms with van der Waals surface area (Å²) in [6.45, 7) is 3.11. The van der Waals surface area contributed by atoms with E-state index < -0.39 is 0 Å². The lowest BCUT2D eigenvalue weighted by Gasteiger charge is -2.23. The molecule has 1 aliphatic rings. The molecule has 3 aromatic rings. The molecule has 4 nitrogen and oxygen atoms in total. The lowest BCUT2D eigenvalue weighted by Crippen LogP contribution is -2.22. The van der Waals surface area contributed by atoms with Gasteiger partial charge in [-0.05, 0) is 46.5 Å². The minimum Gasteiger partial charge on any atom is -0.454 e. The van der Waals surface area contributed by atoms with Crippen molar-refractivity contribution < 1.29 is 9.47 Å². The van der Waals surface area contributed by atoms with Crippen LogP contribution in [0.1, 0.15) is 22.3 Å². The maximum absolute atomic E-state index is 6.22. The van der Waals surface area contributed by atoms with Crippen molar-refractivity contribution >= 4 is 23.2 Å². The lowest BCUT2D eigenvalue weighted by atomic mass is 10.1. The second-order valence-corrected chi connectivity index (χ2v) is 7.92. The molecule has 3 aromatic carbocycles. The summed E-state index contributed by atoms with van der Waals surface area (Å²) < 4.78 is 10.9. The van der Waals surface area contributed by atoms with Gasteiger partial charge in [-0.15, -0.1) is 0 Å². The van der Waals surface area contributed by atoms with Gasteiger partial charge < -0.3 is 15.2 Å². The van der Waals surface area contributed by atoms with Crippen LogP contribution in [0.3, 0.4) is 0 Å². The van der Waals surface area contributed by atoms with Crippen LogP contribution in [0.15, 0.2) is 60.7 Å². The predicted molar refractivity (Wildman–Crippen MR) is 116 cm³/mol. The minimum atomic E-state index is 0.277. The highest BCUT2D eigenvalue weighted by Gasteiger charge is 2.15. The number of hydrogen-bond donors (Lipinski definition) is 1.